The number of nitrogens with one attached hydrogen (secondary N) is 1. The number of nitrogens with zero attached hydrogens (tertiary/aromatic N) is 3. The van der Waals surface area contributed by atoms with Crippen LogP contribution in [0.15, 0.2) is 18.5 Å². The van der Waals surface area contributed by atoms with Gasteiger partial charge in [0.25, 0.3) is 0 Å². The van der Waals surface area contributed by atoms with Crippen molar-refractivity contribution >= 4 is 10.0 Å². The number of sulfonamides is 1. The molecule has 0 saturated heterocycles. The Bertz CT molecular complexity index is 456. The summed E-state index contributed by atoms with van der Waals surface area (Å²) in [5.41, 5.74) is 0. The summed E-state index contributed by atoms with van der Waals surface area (Å²) in [4.78, 5) is 0. The van der Waals surface area contributed by atoms with E-state index in [1.165, 1.54) is 4.31 Å². The van der Waals surface area contributed by atoms with Gasteiger partial charge in [0.2, 0.25) is 10.0 Å². The molecule has 0 aliphatic heterocycles. The minimum Gasteiger partial charge on any atom is -0.312 e. The lowest BCUT2D eigenvalue weighted by atomic mass is 10.2. The zero-order valence-electron chi connectivity index (χ0n) is 12.1. The van der Waals surface area contributed by atoms with Gasteiger partial charge >= 0.3 is 0 Å². The smallest absolute Gasteiger partial charge is 0.213 e. The third-order valence-electron chi connectivity index (χ3n) is 3.27. The Labute approximate surface area is 115 Å². The molecule has 0 amide bonds. The standard InChI is InChI=1S/C12H24N4O2S/c1-11(12(2)16-9-5-8-14-16)13-7-6-10-19(17,18)15(3)4/h5,8-9,11-13H,6-7,10H2,1-4H3. The summed E-state index contributed by atoms with van der Waals surface area (Å²) in [7, 11) is 0.0376. The molecule has 0 aliphatic carbocycles. The lowest BCUT2D eigenvalue weighted by Crippen LogP contribution is -2.35. The number of rotatable bonds is 8. The average Bonchev–Trinajstić information content (AvgIpc) is 2.86. The molecule has 1 aromatic rings. The molecule has 0 radical (unpaired) electrons. The van der Waals surface area contributed by atoms with Crippen molar-refractivity contribution in [3.8, 4) is 0 Å². The molecule has 1 rings (SSSR count). The van der Waals surface area contributed by atoms with Gasteiger partial charge in [0.05, 0.1) is 11.8 Å². The highest BCUT2D eigenvalue weighted by molar-refractivity contribution is 7.89. The van der Waals surface area contributed by atoms with Crippen LogP contribution in [-0.4, -0.2) is 54.9 Å². The van der Waals surface area contributed by atoms with Gasteiger partial charge in [-0.1, -0.05) is 0 Å². The molecular formula is C12H24N4O2S. The molecule has 0 saturated carbocycles. The van der Waals surface area contributed by atoms with Gasteiger partial charge in [0.1, 0.15) is 0 Å². The first kappa shape index (κ1) is 16.1. The van der Waals surface area contributed by atoms with Gasteiger partial charge < -0.3 is 5.32 Å². The SMILES string of the molecule is CC(NCCCS(=O)(=O)N(C)C)C(C)n1cccn1. The van der Waals surface area contributed by atoms with Crippen LogP contribution >= 0.6 is 0 Å². The van der Waals surface area contributed by atoms with Gasteiger partial charge in [0.15, 0.2) is 0 Å². The predicted molar refractivity (Wildman–Crippen MR) is 76.5 cm³/mol. The van der Waals surface area contributed by atoms with Crippen molar-refractivity contribution in [1.82, 2.24) is 19.4 Å². The number of hydrogen-bond donors (Lipinski definition) is 1. The molecule has 6 nitrogen and oxygen atoms in total. The maximum Gasteiger partial charge on any atom is 0.213 e. The summed E-state index contributed by atoms with van der Waals surface area (Å²) in [6, 6.07) is 2.37. The second-order valence-corrected chi connectivity index (χ2v) is 7.22. The van der Waals surface area contributed by atoms with E-state index >= 15 is 0 Å². The molecule has 1 N–H and O–H groups in total. The van der Waals surface area contributed by atoms with Gasteiger partial charge in [-0.05, 0) is 32.9 Å². The molecule has 2 unspecified atom stereocenters. The van der Waals surface area contributed by atoms with Gasteiger partial charge in [-0.25, -0.2) is 12.7 Å². The second kappa shape index (κ2) is 7.02. The molecule has 7 heteroatoms. The van der Waals surface area contributed by atoms with Gasteiger partial charge in [0, 0.05) is 32.5 Å². The highest BCUT2D eigenvalue weighted by Gasteiger charge is 2.15. The minimum atomic E-state index is -3.08. The molecule has 0 fully saturated rings. The molecule has 0 aliphatic rings. The van der Waals surface area contributed by atoms with Crippen LogP contribution in [0.5, 0.6) is 0 Å². The summed E-state index contributed by atoms with van der Waals surface area (Å²) < 4.78 is 26.3. The van der Waals surface area contributed by atoms with Crippen molar-refractivity contribution in [1.29, 1.82) is 0 Å². The third kappa shape index (κ3) is 4.93. The van der Waals surface area contributed by atoms with Crippen LogP contribution in [0.4, 0.5) is 0 Å². The Morgan fingerprint density at radius 1 is 1.37 bits per heavy atom. The predicted octanol–water partition coefficient (Wildman–Crippen LogP) is 0.704. The number of aromatic nitrogens is 2. The summed E-state index contributed by atoms with van der Waals surface area (Å²) in [6.07, 6.45) is 4.29. The maximum atomic E-state index is 11.6. The Morgan fingerprint density at radius 2 is 2.05 bits per heavy atom. The van der Waals surface area contributed by atoms with Crippen molar-refractivity contribution in [3.63, 3.8) is 0 Å². The second-order valence-electron chi connectivity index (χ2n) is 4.92. The Morgan fingerprint density at radius 3 is 2.58 bits per heavy atom. The largest absolute Gasteiger partial charge is 0.312 e. The fraction of sp³-hybridized carbons (Fsp3) is 0.750. The van der Waals surface area contributed by atoms with Gasteiger partial charge in [-0.2, -0.15) is 5.10 Å². The molecule has 0 aromatic carbocycles. The molecule has 110 valence electrons. The summed E-state index contributed by atoms with van der Waals surface area (Å²) in [5.74, 6) is 0.176. The Hall–Kier alpha value is -0.920. The highest BCUT2D eigenvalue weighted by Crippen LogP contribution is 2.08. The van der Waals surface area contributed by atoms with Crippen LogP contribution < -0.4 is 5.32 Å². The fourth-order valence-electron chi connectivity index (χ4n) is 1.69. The first-order valence-electron chi connectivity index (χ1n) is 6.47. The van der Waals surface area contributed by atoms with E-state index in [9.17, 15) is 8.42 Å². The van der Waals surface area contributed by atoms with Crippen LogP contribution in [0, 0.1) is 0 Å². The van der Waals surface area contributed by atoms with E-state index in [2.05, 4.69) is 24.3 Å². The number of hydrogen-bond acceptors (Lipinski definition) is 4. The van der Waals surface area contributed by atoms with Gasteiger partial charge in [-0.15, -0.1) is 0 Å². The van der Waals surface area contributed by atoms with E-state index in [-0.39, 0.29) is 17.8 Å². The monoisotopic (exact) mass is 288 g/mol. The van der Waals surface area contributed by atoms with Crippen molar-refractivity contribution in [2.45, 2.75) is 32.4 Å². The quantitative estimate of drug-likeness (QED) is 0.715. The lowest BCUT2D eigenvalue weighted by molar-refractivity contribution is 0.366. The van der Waals surface area contributed by atoms with Crippen molar-refractivity contribution < 1.29 is 8.42 Å². The van der Waals surface area contributed by atoms with Gasteiger partial charge in [-0.3, -0.25) is 4.68 Å². The van der Waals surface area contributed by atoms with Crippen molar-refractivity contribution in [2.75, 3.05) is 26.4 Å². The minimum absolute atomic E-state index is 0.176. The molecule has 1 aromatic heterocycles. The summed E-state index contributed by atoms with van der Waals surface area (Å²) in [5, 5.41) is 7.54. The van der Waals surface area contributed by atoms with Crippen LogP contribution in [-0.2, 0) is 10.0 Å². The molecule has 0 spiro atoms. The maximum absolute atomic E-state index is 11.6. The van der Waals surface area contributed by atoms with Crippen LogP contribution in [0.3, 0.4) is 0 Å². The molecular weight excluding hydrogens is 264 g/mol. The molecule has 0 bridgehead atoms. The van der Waals surface area contributed by atoms with E-state index in [1.54, 1.807) is 20.3 Å². The van der Waals surface area contributed by atoms with Crippen LogP contribution in [0.1, 0.15) is 26.3 Å². The summed E-state index contributed by atoms with van der Waals surface area (Å²) >= 11 is 0. The van der Waals surface area contributed by atoms with E-state index < -0.39 is 10.0 Å². The topological polar surface area (TPSA) is 67.2 Å². The van der Waals surface area contributed by atoms with Crippen molar-refractivity contribution in [2.24, 2.45) is 0 Å². The van der Waals surface area contributed by atoms with Crippen LogP contribution in [0.2, 0.25) is 0 Å². The van der Waals surface area contributed by atoms with E-state index in [0.717, 1.165) is 0 Å². The van der Waals surface area contributed by atoms with E-state index in [4.69, 9.17) is 0 Å². The lowest BCUT2D eigenvalue weighted by Gasteiger charge is -2.22. The highest BCUT2D eigenvalue weighted by atomic mass is 32.2. The molecule has 19 heavy (non-hydrogen) atoms. The van der Waals surface area contributed by atoms with Crippen LogP contribution in [0.25, 0.3) is 0 Å². The zero-order valence-corrected chi connectivity index (χ0v) is 12.9. The van der Waals surface area contributed by atoms with Crippen molar-refractivity contribution in [3.05, 3.63) is 18.5 Å². The normalized spacial score (nSPS) is 15.6. The summed E-state index contributed by atoms with van der Waals surface area (Å²) in [6.45, 7) is 4.84. The Balaban J connectivity index is 2.30. The van der Waals surface area contributed by atoms with E-state index in [1.807, 2.05) is 16.9 Å². The van der Waals surface area contributed by atoms with E-state index in [0.29, 0.717) is 13.0 Å². The first-order valence-corrected chi connectivity index (χ1v) is 8.08. The molecule has 2 atom stereocenters. The fourth-order valence-corrected chi connectivity index (χ4v) is 2.56. The first-order chi connectivity index (χ1) is 8.84. The zero-order chi connectivity index (χ0) is 14.5. The molecule has 1 heterocycles. The third-order valence-corrected chi connectivity index (χ3v) is 5.18. The average molecular weight is 288 g/mol. The Kier molecular flexibility index (Phi) is 5.96.